The molecule has 1 aliphatic carbocycles. The van der Waals surface area contributed by atoms with E-state index in [0.29, 0.717) is 0 Å². The lowest BCUT2D eigenvalue weighted by atomic mass is 9.92. The normalized spacial score (nSPS) is 26.1. The van der Waals surface area contributed by atoms with Crippen molar-refractivity contribution in [2.24, 2.45) is 0 Å². The van der Waals surface area contributed by atoms with Crippen molar-refractivity contribution in [1.82, 2.24) is 0 Å². The predicted octanol–water partition coefficient (Wildman–Crippen LogP) is 2.03. The minimum Gasteiger partial charge on any atom is -0.370 e. The van der Waals surface area contributed by atoms with Crippen LogP contribution in [-0.2, 0) is 14.3 Å². The van der Waals surface area contributed by atoms with Crippen molar-refractivity contribution >= 4 is 21.7 Å². The smallest absolute Gasteiger partial charge is 0.370 e. The van der Waals surface area contributed by atoms with Crippen molar-refractivity contribution in [3.63, 3.8) is 0 Å². The van der Waals surface area contributed by atoms with Gasteiger partial charge < -0.3 is 4.74 Å². The van der Waals surface area contributed by atoms with E-state index in [2.05, 4.69) is 20.7 Å². The number of halogens is 4. The molecule has 1 saturated carbocycles. The molecule has 1 aliphatic rings. The molecule has 0 spiro atoms. The van der Waals surface area contributed by atoms with Crippen LogP contribution < -0.4 is 0 Å². The Bertz CT molecular complexity index is 226. The Morgan fingerprint density at radius 2 is 1.93 bits per heavy atom. The van der Waals surface area contributed by atoms with Crippen molar-refractivity contribution in [2.75, 3.05) is 11.9 Å². The molecule has 0 heterocycles. The molecule has 0 aromatic carbocycles. The van der Waals surface area contributed by atoms with E-state index < -0.39 is 12.5 Å². The maximum absolute atomic E-state index is 11.7. The van der Waals surface area contributed by atoms with Gasteiger partial charge in [-0.15, -0.1) is 13.2 Å². The molecule has 3 nitrogen and oxygen atoms in total. The Morgan fingerprint density at radius 3 is 2.40 bits per heavy atom. The molecular weight excluding hydrogens is 281 g/mol. The lowest BCUT2D eigenvalue weighted by Crippen LogP contribution is -2.41. The minimum absolute atomic E-state index is 0.0609. The van der Waals surface area contributed by atoms with Crippen molar-refractivity contribution in [1.29, 1.82) is 0 Å². The number of ketones is 1. The zero-order valence-electron chi connectivity index (χ0n) is 7.72. The fourth-order valence-corrected chi connectivity index (χ4v) is 1.35. The van der Waals surface area contributed by atoms with Gasteiger partial charge in [-0.2, -0.15) is 0 Å². The highest BCUT2D eigenvalue weighted by atomic mass is 79.9. The molecule has 15 heavy (non-hydrogen) atoms. The monoisotopic (exact) mass is 290 g/mol. The van der Waals surface area contributed by atoms with Gasteiger partial charge in [0.1, 0.15) is 6.61 Å². The molecule has 0 N–H and O–H groups in total. The van der Waals surface area contributed by atoms with Crippen LogP contribution >= 0.6 is 15.9 Å². The second-order valence-corrected chi connectivity index (χ2v) is 3.82. The van der Waals surface area contributed by atoms with E-state index in [9.17, 15) is 18.0 Å². The lowest BCUT2D eigenvalue weighted by molar-refractivity contribution is -0.357. The summed E-state index contributed by atoms with van der Waals surface area (Å²) >= 11 is 2.95. The second kappa shape index (κ2) is 5.27. The minimum atomic E-state index is -4.58. The van der Waals surface area contributed by atoms with Crippen LogP contribution in [0.25, 0.3) is 0 Å². The fourth-order valence-electron chi connectivity index (χ4n) is 1.19. The van der Waals surface area contributed by atoms with Crippen LogP contribution in [0.5, 0.6) is 0 Å². The zero-order valence-corrected chi connectivity index (χ0v) is 9.31. The average Bonchev–Trinajstić information content (AvgIpc) is 2.06. The van der Waals surface area contributed by atoms with Crippen molar-refractivity contribution in [3.8, 4) is 0 Å². The molecule has 0 amide bonds. The van der Waals surface area contributed by atoms with Crippen molar-refractivity contribution in [2.45, 2.75) is 31.4 Å². The SMILES string of the molecule is O=C(CBr)CO[C@H]1C[C@@H](OC(F)(F)F)C1. The summed E-state index contributed by atoms with van der Waals surface area (Å²) in [5, 5.41) is 0.197. The number of hydrogen-bond donors (Lipinski definition) is 0. The van der Waals surface area contributed by atoms with Crippen LogP contribution in [0.3, 0.4) is 0 Å². The Hall–Kier alpha value is -0.140. The third kappa shape index (κ3) is 4.94. The highest BCUT2D eigenvalue weighted by Crippen LogP contribution is 2.31. The molecule has 0 aromatic rings. The average molecular weight is 291 g/mol. The predicted molar refractivity (Wildman–Crippen MR) is 48.7 cm³/mol. The van der Waals surface area contributed by atoms with Gasteiger partial charge in [-0.25, -0.2) is 0 Å². The number of ether oxygens (including phenoxy) is 2. The summed E-state index contributed by atoms with van der Waals surface area (Å²) in [6, 6.07) is 0. The van der Waals surface area contributed by atoms with Crippen LogP contribution in [0.15, 0.2) is 0 Å². The van der Waals surface area contributed by atoms with Crippen molar-refractivity contribution < 1.29 is 27.4 Å². The summed E-state index contributed by atoms with van der Waals surface area (Å²) in [6.07, 6.45) is -5.32. The van der Waals surface area contributed by atoms with Gasteiger partial charge in [0.25, 0.3) is 0 Å². The molecule has 0 bridgehead atoms. The Morgan fingerprint density at radius 1 is 1.33 bits per heavy atom. The van der Waals surface area contributed by atoms with Gasteiger partial charge in [0, 0.05) is 12.8 Å². The first-order valence-corrected chi connectivity index (χ1v) is 5.46. The van der Waals surface area contributed by atoms with E-state index in [4.69, 9.17) is 4.74 Å². The number of rotatable bonds is 5. The highest BCUT2D eigenvalue weighted by molar-refractivity contribution is 9.09. The Kier molecular flexibility index (Phi) is 4.54. The van der Waals surface area contributed by atoms with Gasteiger partial charge in [-0.1, -0.05) is 15.9 Å². The number of Topliss-reactive ketones (excluding diaryl/α,β-unsaturated/α-hetero) is 1. The summed E-state index contributed by atoms with van der Waals surface area (Å²) in [6.45, 7) is -0.0609. The molecule has 0 unspecified atom stereocenters. The number of carbonyl (C=O) groups is 1. The summed E-state index contributed by atoms with van der Waals surface area (Å²) in [5.41, 5.74) is 0. The van der Waals surface area contributed by atoms with Gasteiger partial charge in [-0.3, -0.25) is 9.53 Å². The maximum Gasteiger partial charge on any atom is 0.522 e. The molecule has 0 aromatic heterocycles. The molecule has 1 rings (SSSR count). The zero-order chi connectivity index (χ0) is 11.5. The van der Waals surface area contributed by atoms with Crippen LogP contribution in [0.4, 0.5) is 13.2 Å². The fraction of sp³-hybridized carbons (Fsp3) is 0.875. The first kappa shape index (κ1) is 12.9. The summed E-state index contributed by atoms with van der Waals surface area (Å²) in [4.78, 5) is 10.8. The largest absolute Gasteiger partial charge is 0.522 e. The first-order chi connectivity index (χ1) is 6.90. The summed E-state index contributed by atoms with van der Waals surface area (Å²) < 4.78 is 43.9. The third-order valence-electron chi connectivity index (χ3n) is 1.98. The van der Waals surface area contributed by atoms with Gasteiger partial charge in [-0.05, 0) is 0 Å². The number of alkyl halides is 4. The molecule has 0 radical (unpaired) electrons. The highest BCUT2D eigenvalue weighted by Gasteiger charge is 2.40. The van der Waals surface area contributed by atoms with E-state index in [1.165, 1.54) is 0 Å². The summed E-state index contributed by atoms with van der Waals surface area (Å²) in [5.74, 6) is -0.129. The number of hydrogen-bond acceptors (Lipinski definition) is 3. The molecule has 1 fully saturated rings. The van der Waals surface area contributed by atoms with Crippen LogP contribution in [0.2, 0.25) is 0 Å². The van der Waals surface area contributed by atoms with E-state index in [1.807, 2.05) is 0 Å². The summed E-state index contributed by atoms with van der Waals surface area (Å²) in [7, 11) is 0. The molecule has 0 atom stereocenters. The van der Waals surface area contributed by atoms with Crippen LogP contribution in [0.1, 0.15) is 12.8 Å². The Labute approximate surface area is 93.0 Å². The van der Waals surface area contributed by atoms with E-state index in [-0.39, 0.29) is 36.7 Å². The van der Waals surface area contributed by atoms with Gasteiger partial charge in [0.15, 0.2) is 5.78 Å². The van der Waals surface area contributed by atoms with E-state index in [0.717, 1.165) is 0 Å². The first-order valence-electron chi connectivity index (χ1n) is 4.34. The van der Waals surface area contributed by atoms with Crippen molar-refractivity contribution in [3.05, 3.63) is 0 Å². The van der Waals surface area contributed by atoms with E-state index in [1.54, 1.807) is 0 Å². The molecule has 0 saturated heterocycles. The quantitative estimate of drug-likeness (QED) is 0.727. The van der Waals surface area contributed by atoms with Crippen LogP contribution in [-0.4, -0.2) is 36.3 Å². The third-order valence-corrected chi connectivity index (χ3v) is 2.61. The Balaban J connectivity index is 2.08. The maximum atomic E-state index is 11.7. The standard InChI is InChI=1S/C8H10BrF3O3/c9-3-5(13)4-14-6-1-7(2-6)15-8(10,11)12/h6-7H,1-4H2/t6-,7+. The van der Waals surface area contributed by atoms with Crippen LogP contribution in [0, 0.1) is 0 Å². The number of carbonyl (C=O) groups excluding carboxylic acids is 1. The molecule has 0 aliphatic heterocycles. The van der Waals surface area contributed by atoms with Gasteiger partial charge in [0.05, 0.1) is 17.5 Å². The molecule has 7 heteroatoms. The lowest BCUT2D eigenvalue weighted by Gasteiger charge is -2.34. The molecule has 88 valence electrons. The topological polar surface area (TPSA) is 35.5 Å². The van der Waals surface area contributed by atoms with E-state index >= 15 is 0 Å². The van der Waals surface area contributed by atoms with Gasteiger partial charge in [0.2, 0.25) is 0 Å². The van der Waals surface area contributed by atoms with Gasteiger partial charge >= 0.3 is 6.36 Å². The molecular formula is C8H10BrF3O3. The second-order valence-electron chi connectivity index (χ2n) is 3.26.